The van der Waals surface area contributed by atoms with Gasteiger partial charge in [0.2, 0.25) is 11.8 Å². The zero-order valence-electron chi connectivity index (χ0n) is 11.0. The van der Waals surface area contributed by atoms with Gasteiger partial charge in [0, 0.05) is 6.04 Å². The SMILES string of the molecule is CCC1(C(=O)N(CC(N)=O)C(C)C)CCCN1. The molecule has 2 amide bonds. The Morgan fingerprint density at radius 3 is 2.47 bits per heavy atom. The van der Waals surface area contributed by atoms with Gasteiger partial charge in [-0.1, -0.05) is 6.92 Å². The molecule has 0 radical (unpaired) electrons. The van der Waals surface area contributed by atoms with Crippen molar-refractivity contribution >= 4 is 11.8 Å². The number of primary amides is 1. The first-order valence-electron chi connectivity index (χ1n) is 6.27. The third-order valence-electron chi connectivity index (χ3n) is 3.47. The van der Waals surface area contributed by atoms with Crippen LogP contribution >= 0.6 is 0 Å². The minimum atomic E-state index is -0.486. The van der Waals surface area contributed by atoms with Crippen LogP contribution in [0.1, 0.15) is 40.0 Å². The van der Waals surface area contributed by atoms with Crippen LogP contribution < -0.4 is 11.1 Å². The van der Waals surface area contributed by atoms with Gasteiger partial charge in [0.05, 0.1) is 12.1 Å². The highest BCUT2D eigenvalue weighted by molar-refractivity contribution is 5.90. The minimum absolute atomic E-state index is 0.0000694. The van der Waals surface area contributed by atoms with Crippen LogP contribution in [0.5, 0.6) is 0 Å². The maximum atomic E-state index is 12.5. The summed E-state index contributed by atoms with van der Waals surface area (Å²) in [6.45, 7) is 6.67. The van der Waals surface area contributed by atoms with Gasteiger partial charge in [-0.05, 0) is 39.7 Å². The molecule has 0 aromatic rings. The molecule has 1 fully saturated rings. The first kappa shape index (κ1) is 14.0. The summed E-state index contributed by atoms with van der Waals surface area (Å²) < 4.78 is 0. The van der Waals surface area contributed by atoms with E-state index in [9.17, 15) is 9.59 Å². The van der Waals surface area contributed by atoms with E-state index in [4.69, 9.17) is 5.73 Å². The van der Waals surface area contributed by atoms with E-state index in [0.29, 0.717) is 0 Å². The van der Waals surface area contributed by atoms with Gasteiger partial charge in [0.15, 0.2) is 0 Å². The van der Waals surface area contributed by atoms with Gasteiger partial charge in [-0.15, -0.1) is 0 Å². The van der Waals surface area contributed by atoms with Crippen LogP contribution in [0.25, 0.3) is 0 Å². The van der Waals surface area contributed by atoms with E-state index in [2.05, 4.69) is 5.32 Å². The maximum absolute atomic E-state index is 12.5. The molecule has 5 heteroatoms. The van der Waals surface area contributed by atoms with E-state index < -0.39 is 11.4 Å². The summed E-state index contributed by atoms with van der Waals surface area (Å²) in [6, 6.07) is -0.0131. The summed E-state index contributed by atoms with van der Waals surface area (Å²) in [7, 11) is 0. The Balaban J connectivity index is 2.86. The summed E-state index contributed by atoms with van der Waals surface area (Å²) in [4.78, 5) is 25.1. The second-order valence-corrected chi connectivity index (χ2v) is 4.96. The van der Waals surface area contributed by atoms with Gasteiger partial charge in [0.1, 0.15) is 0 Å². The molecule has 1 saturated heterocycles. The summed E-state index contributed by atoms with van der Waals surface area (Å²) in [5.41, 5.74) is 4.71. The molecule has 1 heterocycles. The summed E-state index contributed by atoms with van der Waals surface area (Å²) >= 11 is 0. The minimum Gasteiger partial charge on any atom is -0.368 e. The molecule has 0 aromatic heterocycles. The molecular formula is C12H23N3O2. The number of carbonyl (C=O) groups excluding carboxylic acids is 2. The molecule has 0 aliphatic carbocycles. The van der Waals surface area contributed by atoms with Crippen LogP contribution in [0.2, 0.25) is 0 Å². The molecular weight excluding hydrogens is 218 g/mol. The molecule has 17 heavy (non-hydrogen) atoms. The van der Waals surface area contributed by atoms with Crippen molar-refractivity contribution in [2.75, 3.05) is 13.1 Å². The topological polar surface area (TPSA) is 75.4 Å². The molecule has 1 aliphatic heterocycles. The van der Waals surface area contributed by atoms with Crippen LogP contribution in [0.4, 0.5) is 0 Å². The monoisotopic (exact) mass is 241 g/mol. The number of amides is 2. The lowest BCUT2D eigenvalue weighted by Gasteiger charge is -2.35. The molecule has 1 rings (SSSR count). The average molecular weight is 241 g/mol. The number of hydrogen-bond donors (Lipinski definition) is 2. The Hall–Kier alpha value is -1.10. The number of nitrogens with zero attached hydrogens (tertiary/aromatic N) is 1. The van der Waals surface area contributed by atoms with E-state index in [-0.39, 0.29) is 18.5 Å². The van der Waals surface area contributed by atoms with Gasteiger partial charge in [0.25, 0.3) is 0 Å². The summed E-state index contributed by atoms with van der Waals surface area (Å²) in [5.74, 6) is -0.456. The Morgan fingerprint density at radius 1 is 1.47 bits per heavy atom. The molecule has 0 spiro atoms. The molecule has 0 saturated carbocycles. The van der Waals surface area contributed by atoms with Crippen molar-refractivity contribution in [3.8, 4) is 0 Å². The van der Waals surface area contributed by atoms with E-state index in [1.807, 2.05) is 20.8 Å². The van der Waals surface area contributed by atoms with Crippen molar-refractivity contribution in [1.29, 1.82) is 0 Å². The Morgan fingerprint density at radius 2 is 2.12 bits per heavy atom. The largest absolute Gasteiger partial charge is 0.368 e. The second-order valence-electron chi connectivity index (χ2n) is 4.96. The van der Waals surface area contributed by atoms with Gasteiger partial charge in [-0.2, -0.15) is 0 Å². The summed E-state index contributed by atoms with van der Waals surface area (Å²) in [6.07, 6.45) is 2.58. The Bertz CT molecular complexity index is 296. The van der Waals surface area contributed by atoms with Gasteiger partial charge in [-0.3, -0.25) is 9.59 Å². The summed E-state index contributed by atoms with van der Waals surface area (Å²) in [5, 5.41) is 3.28. The van der Waals surface area contributed by atoms with Gasteiger partial charge >= 0.3 is 0 Å². The highest BCUT2D eigenvalue weighted by Gasteiger charge is 2.42. The van der Waals surface area contributed by atoms with Crippen LogP contribution in [0, 0.1) is 0 Å². The molecule has 98 valence electrons. The molecule has 5 nitrogen and oxygen atoms in total. The van der Waals surface area contributed by atoms with Crippen molar-refractivity contribution in [3.05, 3.63) is 0 Å². The van der Waals surface area contributed by atoms with Crippen molar-refractivity contribution in [3.63, 3.8) is 0 Å². The van der Waals surface area contributed by atoms with Gasteiger partial charge < -0.3 is 16.0 Å². The predicted octanol–water partition coefficient (Wildman–Crippen LogP) is 0.241. The first-order valence-corrected chi connectivity index (χ1v) is 6.27. The average Bonchev–Trinajstić information content (AvgIpc) is 2.74. The first-order chi connectivity index (χ1) is 7.93. The fraction of sp³-hybridized carbons (Fsp3) is 0.833. The standard InChI is InChI=1S/C12H23N3O2/c1-4-12(6-5-7-14-12)11(17)15(9(2)3)8-10(13)16/h9,14H,4-8H2,1-3H3,(H2,13,16). The predicted molar refractivity (Wildman–Crippen MR) is 66.3 cm³/mol. The molecule has 1 unspecified atom stereocenters. The maximum Gasteiger partial charge on any atom is 0.243 e. The van der Waals surface area contributed by atoms with Crippen LogP contribution in [-0.4, -0.2) is 41.4 Å². The van der Waals surface area contributed by atoms with E-state index in [1.165, 1.54) is 0 Å². The highest BCUT2D eigenvalue weighted by atomic mass is 16.2. The van der Waals surface area contributed by atoms with E-state index in [0.717, 1.165) is 25.8 Å². The number of carbonyl (C=O) groups is 2. The fourth-order valence-corrected chi connectivity index (χ4v) is 2.37. The smallest absolute Gasteiger partial charge is 0.243 e. The lowest BCUT2D eigenvalue weighted by Crippen LogP contribution is -2.57. The molecule has 0 aromatic carbocycles. The van der Waals surface area contributed by atoms with Gasteiger partial charge in [-0.25, -0.2) is 0 Å². The van der Waals surface area contributed by atoms with Crippen molar-refractivity contribution < 1.29 is 9.59 Å². The third-order valence-corrected chi connectivity index (χ3v) is 3.47. The number of hydrogen-bond acceptors (Lipinski definition) is 3. The highest BCUT2D eigenvalue weighted by Crippen LogP contribution is 2.26. The number of rotatable bonds is 5. The van der Waals surface area contributed by atoms with Crippen LogP contribution in [0.15, 0.2) is 0 Å². The zero-order chi connectivity index (χ0) is 13.1. The molecule has 1 aliphatic rings. The van der Waals surface area contributed by atoms with E-state index >= 15 is 0 Å². The van der Waals surface area contributed by atoms with Crippen LogP contribution in [-0.2, 0) is 9.59 Å². The lowest BCUT2D eigenvalue weighted by molar-refractivity contribution is -0.142. The molecule has 0 bridgehead atoms. The third kappa shape index (κ3) is 2.97. The Labute approximate surface area is 103 Å². The quantitative estimate of drug-likeness (QED) is 0.724. The number of nitrogens with one attached hydrogen (secondary N) is 1. The van der Waals surface area contributed by atoms with Crippen LogP contribution in [0.3, 0.4) is 0 Å². The van der Waals surface area contributed by atoms with Crippen molar-refractivity contribution in [2.45, 2.75) is 51.6 Å². The van der Waals surface area contributed by atoms with Crippen molar-refractivity contribution in [1.82, 2.24) is 10.2 Å². The molecule has 3 N–H and O–H groups in total. The molecule has 1 atom stereocenters. The normalized spacial score (nSPS) is 24.0. The second kappa shape index (κ2) is 5.49. The Kier molecular flexibility index (Phi) is 4.51. The fourth-order valence-electron chi connectivity index (χ4n) is 2.37. The lowest BCUT2D eigenvalue weighted by atomic mass is 9.92. The zero-order valence-corrected chi connectivity index (χ0v) is 11.0. The number of nitrogens with two attached hydrogens (primary N) is 1. The van der Waals surface area contributed by atoms with Crippen molar-refractivity contribution in [2.24, 2.45) is 5.73 Å². The van der Waals surface area contributed by atoms with E-state index in [1.54, 1.807) is 4.90 Å².